The van der Waals surface area contributed by atoms with Gasteiger partial charge in [0.1, 0.15) is 6.04 Å². The van der Waals surface area contributed by atoms with Crippen LogP contribution in [0.4, 0.5) is 5.69 Å². The van der Waals surface area contributed by atoms with Gasteiger partial charge >= 0.3 is 0 Å². The van der Waals surface area contributed by atoms with Gasteiger partial charge in [0.25, 0.3) is 0 Å². The fourth-order valence-corrected chi connectivity index (χ4v) is 6.45. The van der Waals surface area contributed by atoms with Crippen LogP contribution in [0.3, 0.4) is 0 Å². The number of methoxy groups -OCH3 is 1. The second-order valence-corrected chi connectivity index (χ2v) is 12.2. The molecule has 1 aliphatic carbocycles. The first kappa shape index (κ1) is 24.8. The highest BCUT2D eigenvalue weighted by Gasteiger charge is 2.42. The highest BCUT2D eigenvalue weighted by Crippen LogP contribution is 2.54. The van der Waals surface area contributed by atoms with Gasteiger partial charge in [-0.25, -0.2) is 0 Å². The summed E-state index contributed by atoms with van der Waals surface area (Å²) in [6.45, 7) is 18.4. The van der Waals surface area contributed by atoms with E-state index in [2.05, 4.69) is 88.7 Å². The number of amides is 1. The van der Waals surface area contributed by atoms with Crippen molar-refractivity contribution in [2.45, 2.75) is 84.2 Å². The smallest absolute Gasteiger partial charge is 0.243 e. The van der Waals surface area contributed by atoms with E-state index < -0.39 is 0 Å². The molecule has 0 spiro atoms. The lowest BCUT2D eigenvalue weighted by Crippen LogP contribution is -2.52. The predicted octanol–water partition coefficient (Wildman–Crippen LogP) is 5.68. The summed E-state index contributed by atoms with van der Waals surface area (Å²) in [5.74, 6) is 0.677. The lowest BCUT2D eigenvalue weighted by atomic mass is 9.61. The maximum Gasteiger partial charge on any atom is 0.243 e. The zero-order valence-electron chi connectivity index (χ0n) is 22.3. The van der Waals surface area contributed by atoms with Crippen LogP contribution in [0.15, 0.2) is 24.9 Å². The van der Waals surface area contributed by atoms with Crippen molar-refractivity contribution < 1.29 is 9.53 Å². The van der Waals surface area contributed by atoms with Gasteiger partial charge in [0.2, 0.25) is 5.91 Å². The van der Waals surface area contributed by atoms with Gasteiger partial charge in [0, 0.05) is 36.8 Å². The van der Waals surface area contributed by atoms with Gasteiger partial charge in [-0.3, -0.25) is 4.79 Å². The van der Waals surface area contributed by atoms with Crippen molar-refractivity contribution in [3.63, 3.8) is 0 Å². The molecular formula is C29H43N3O2. The van der Waals surface area contributed by atoms with Gasteiger partial charge in [-0.05, 0) is 59.3 Å². The van der Waals surface area contributed by atoms with Crippen molar-refractivity contribution in [1.82, 2.24) is 10.3 Å². The Morgan fingerprint density at radius 3 is 2.65 bits per heavy atom. The summed E-state index contributed by atoms with van der Waals surface area (Å²) >= 11 is 0. The topological polar surface area (TPSA) is 57.4 Å². The van der Waals surface area contributed by atoms with Gasteiger partial charge in [0.15, 0.2) is 0 Å². The third kappa shape index (κ3) is 3.96. The summed E-state index contributed by atoms with van der Waals surface area (Å²) < 4.78 is 5.49. The standard InChI is InChI=1S/C29H43N3O2/c1-10-29(7)12-11-20(28(4,5)6)24-21(29)14-22-23-18(15-30-25(23)24)13-19(16-34-9)31-27(33)26(17(2)3)32(22)8/h10,14-15,17,19-20,26,30H,1,11-13,16H2,2-9H3,(H,31,33)/t19-,20?,26?,29?/m0/s1. The number of H-pyrrole nitrogens is 1. The maximum atomic E-state index is 13.5. The Bertz CT molecular complexity index is 1090. The fraction of sp³-hybridized carbons (Fsp3) is 0.621. The number of carbonyl (C=O) groups is 1. The number of carbonyl (C=O) groups excluding carboxylic acids is 1. The predicted molar refractivity (Wildman–Crippen MR) is 142 cm³/mol. The number of likely N-dealkylation sites (N-methyl/N-ethyl adjacent to an activating group) is 1. The SMILES string of the molecule is C=CC1(C)CCC(C(C)(C)C)c2c1cc1c3c(c[nH]c23)C[C@@H](COC)NC(=O)C(C(C)C)N1C. The molecule has 1 aromatic carbocycles. The Morgan fingerprint density at radius 2 is 2.06 bits per heavy atom. The third-order valence-electron chi connectivity index (χ3n) is 8.35. The third-order valence-corrected chi connectivity index (χ3v) is 8.35. The molecule has 0 fully saturated rings. The van der Waals surface area contributed by atoms with Gasteiger partial charge in [-0.15, -0.1) is 6.58 Å². The zero-order chi connectivity index (χ0) is 25.0. The molecule has 186 valence electrons. The van der Waals surface area contributed by atoms with Gasteiger partial charge < -0.3 is 19.9 Å². The molecule has 5 nitrogen and oxygen atoms in total. The van der Waals surface area contributed by atoms with Crippen LogP contribution in [0.5, 0.6) is 0 Å². The lowest BCUT2D eigenvalue weighted by molar-refractivity contribution is -0.124. The lowest BCUT2D eigenvalue weighted by Gasteiger charge is -2.44. The molecule has 2 aliphatic rings. The van der Waals surface area contributed by atoms with Crippen molar-refractivity contribution in [1.29, 1.82) is 0 Å². The van der Waals surface area contributed by atoms with E-state index in [0.29, 0.717) is 12.5 Å². The molecule has 4 atom stereocenters. The first-order valence-corrected chi connectivity index (χ1v) is 12.8. The average Bonchev–Trinajstić information content (AvgIpc) is 3.17. The number of allylic oxidation sites excluding steroid dienone is 1. The van der Waals surface area contributed by atoms with Crippen LogP contribution < -0.4 is 10.2 Å². The molecule has 34 heavy (non-hydrogen) atoms. The number of hydrogen-bond acceptors (Lipinski definition) is 3. The van der Waals surface area contributed by atoms with E-state index >= 15 is 0 Å². The van der Waals surface area contributed by atoms with Gasteiger partial charge in [-0.1, -0.05) is 47.6 Å². The van der Waals surface area contributed by atoms with E-state index in [0.717, 1.165) is 24.9 Å². The molecule has 5 heteroatoms. The average molecular weight is 466 g/mol. The van der Waals surface area contributed by atoms with E-state index in [-0.39, 0.29) is 34.7 Å². The van der Waals surface area contributed by atoms with Crippen molar-refractivity contribution >= 4 is 22.5 Å². The van der Waals surface area contributed by atoms with Crippen molar-refractivity contribution in [2.75, 3.05) is 25.7 Å². The van der Waals surface area contributed by atoms with Crippen LogP contribution in [0.25, 0.3) is 10.9 Å². The molecule has 1 aromatic heterocycles. The number of fused-ring (bicyclic) bond motifs is 2. The summed E-state index contributed by atoms with van der Waals surface area (Å²) in [5, 5.41) is 4.54. The number of hydrogen-bond donors (Lipinski definition) is 2. The van der Waals surface area contributed by atoms with E-state index in [1.54, 1.807) is 7.11 Å². The molecule has 1 amide bonds. The Morgan fingerprint density at radius 1 is 1.35 bits per heavy atom. The molecule has 0 bridgehead atoms. The first-order valence-electron chi connectivity index (χ1n) is 12.8. The van der Waals surface area contributed by atoms with Crippen molar-refractivity contribution in [3.8, 4) is 0 Å². The maximum absolute atomic E-state index is 13.5. The Hall–Kier alpha value is -2.27. The number of ether oxygens (including phenoxy) is 1. The summed E-state index contributed by atoms with van der Waals surface area (Å²) in [4.78, 5) is 19.4. The molecule has 1 aliphatic heterocycles. The largest absolute Gasteiger partial charge is 0.383 e. The van der Waals surface area contributed by atoms with Crippen LogP contribution in [0.1, 0.15) is 77.0 Å². The summed E-state index contributed by atoms with van der Waals surface area (Å²) in [6, 6.07) is 2.05. The van der Waals surface area contributed by atoms with Crippen LogP contribution in [0, 0.1) is 11.3 Å². The van der Waals surface area contributed by atoms with Crippen molar-refractivity contribution in [2.24, 2.45) is 11.3 Å². The van der Waals surface area contributed by atoms with E-state index in [9.17, 15) is 4.79 Å². The fourth-order valence-electron chi connectivity index (χ4n) is 6.45. The van der Waals surface area contributed by atoms with E-state index in [1.165, 1.54) is 27.6 Å². The van der Waals surface area contributed by atoms with E-state index in [4.69, 9.17) is 4.74 Å². The van der Waals surface area contributed by atoms with E-state index in [1.807, 2.05) is 0 Å². The zero-order valence-corrected chi connectivity index (χ0v) is 22.3. The van der Waals surface area contributed by atoms with Gasteiger partial charge in [0.05, 0.1) is 18.2 Å². The second-order valence-electron chi connectivity index (χ2n) is 12.2. The minimum Gasteiger partial charge on any atom is -0.383 e. The minimum atomic E-state index is -0.265. The number of anilines is 1. The molecule has 0 radical (unpaired) electrons. The normalized spacial score (nSPS) is 27.7. The molecule has 0 saturated carbocycles. The number of aromatic nitrogens is 1. The van der Waals surface area contributed by atoms with Crippen LogP contribution in [-0.4, -0.2) is 43.7 Å². The number of nitrogens with zero attached hydrogens (tertiary/aromatic N) is 1. The van der Waals surface area contributed by atoms with Crippen molar-refractivity contribution in [3.05, 3.63) is 41.6 Å². The molecule has 2 aromatic rings. The first-order chi connectivity index (χ1) is 15.9. The molecule has 2 heterocycles. The minimum absolute atomic E-state index is 0.0648. The molecule has 0 saturated heterocycles. The Labute approximate surface area is 205 Å². The molecule has 2 N–H and O–H groups in total. The van der Waals surface area contributed by atoms with Crippen LogP contribution in [0.2, 0.25) is 0 Å². The number of rotatable bonds is 4. The number of aromatic amines is 1. The number of nitrogens with one attached hydrogen (secondary N) is 2. The van der Waals surface area contributed by atoms with Gasteiger partial charge in [-0.2, -0.15) is 0 Å². The molecular weight excluding hydrogens is 422 g/mol. The summed E-state index contributed by atoms with van der Waals surface area (Å²) in [5.41, 5.74) is 6.45. The van der Waals surface area contributed by atoms with Crippen LogP contribution >= 0.6 is 0 Å². The second kappa shape index (κ2) is 8.75. The molecule has 3 unspecified atom stereocenters. The molecule has 4 rings (SSSR count). The Kier molecular flexibility index (Phi) is 6.39. The Balaban J connectivity index is 2.07. The van der Waals surface area contributed by atoms with Crippen LogP contribution in [-0.2, 0) is 21.4 Å². The monoisotopic (exact) mass is 465 g/mol. The highest BCUT2D eigenvalue weighted by molar-refractivity contribution is 6.01. The quantitative estimate of drug-likeness (QED) is 0.571. The highest BCUT2D eigenvalue weighted by atomic mass is 16.5. The summed E-state index contributed by atoms with van der Waals surface area (Å²) in [6.07, 6.45) is 7.25. The number of benzene rings is 1. The summed E-state index contributed by atoms with van der Waals surface area (Å²) in [7, 11) is 3.78.